The number of halogens is 3. The predicted octanol–water partition coefficient (Wildman–Crippen LogP) is 8.03. The van der Waals surface area contributed by atoms with Gasteiger partial charge in [-0.2, -0.15) is 0 Å². The van der Waals surface area contributed by atoms with E-state index in [4.69, 9.17) is 32.7 Å². The first-order valence-corrected chi connectivity index (χ1v) is 14.6. The van der Waals surface area contributed by atoms with E-state index in [1.54, 1.807) is 36.4 Å². The Morgan fingerprint density at radius 1 is 1.02 bits per heavy atom. The van der Waals surface area contributed by atoms with Crippen molar-refractivity contribution in [2.24, 2.45) is 0 Å². The van der Waals surface area contributed by atoms with Gasteiger partial charge in [-0.15, -0.1) is 0 Å². The van der Waals surface area contributed by atoms with Crippen LogP contribution < -0.4 is 14.8 Å². The van der Waals surface area contributed by atoms with Gasteiger partial charge in [0.1, 0.15) is 13.2 Å². The molecule has 3 aromatic rings. The molecule has 1 fully saturated rings. The predicted molar refractivity (Wildman–Crippen MR) is 163 cm³/mol. The van der Waals surface area contributed by atoms with Gasteiger partial charge in [-0.25, -0.2) is 0 Å². The fourth-order valence-corrected chi connectivity index (χ4v) is 5.54. The first-order valence-electron chi connectivity index (χ1n) is 12.2. The van der Waals surface area contributed by atoms with E-state index in [9.17, 15) is 14.4 Å². The minimum absolute atomic E-state index is 0.197. The van der Waals surface area contributed by atoms with Crippen LogP contribution in [-0.4, -0.2) is 35.1 Å². The summed E-state index contributed by atoms with van der Waals surface area (Å²) in [6.45, 7) is 5.98. The fraction of sp³-hybridized carbons (Fsp3) is 0.207. The monoisotopic (exact) mass is 662 g/mol. The molecule has 0 atom stereocenters. The van der Waals surface area contributed by atoms with E-state index in [2.05, 4.69) is 21.2 Å². The van der Waals surface area contributed by atoms with Crippen molar-refractivity contribution < 1.29 is 23.9 Å². The molecule has 1 heterocycles. The molecule has 0 saturated carbocycles. The highest BCUT2D eigenvalue weighted by atomic mass is 79.9. The van der Waals surface area contributed by atoms with E-state index in [-0.39, 0.29) is 18.1 Å². The maximum atomic E-state index is 13.0. The molecular weight excluding hydrogens is 639 g/mol. The van der Waals surface area contributed by atoms with E-state index in [0.29, 0.717) is 43.9 Å². The summed E-state index contributed by atoms with van der Waals surface area (Å²) in [6.07, 6.45) is 1.59. The van der Waals surface area contributed by atoms with Crippen LogP contribution in [0.3, 0.4) is 0 Å². The number of aryl methyl sites for hydroxylation is 2. The van der Waals surface area contributed by atoms with Gasteiger partial charge in [0.25, 0.3) is 11.1 Å². The molecule has 40 heavy (non-hydrogen) atoms. The van der Waals surface area contributed by atoms with Crippen molar-refractivity contribution in [1.82, 2.24) is 4.90 Å². The first kappa shape index (κ1) is 30.0. The zero-order chi connectivity index (χ0) is 29.0. The molecule has 0 aromatic heterocycles. The Morgan fingerprint density at radius 3 is 2.50 bits per heavy atom. The van der Waals surface area contributed by atoms with Crippen LogP contribution in [-0.2, 0) is 16.2 Å². The van der Waals surface area contributed by atoms with Crippen molar-refractivity contribution in [3.05, 3.63) is 90.2 Å². The van der Waals surface area contributed by atoms with Crippen molar-refractivity contribution in [2.45, 2.75) is 27.4 Å². The van der Waals surface area contributed by atoms with Crippen LogP contribution in [0.15, 0.2) is 57.9 Å². The molecule has 3 amide bonds. The number of rotatable bonds is 9. The molecule has 0 aliphatic carbocycles. The van der Waals surface area contributed by atoms with E-state index in [0.717, 1.165) is 33.4 Å². The molecule has 1 N–H and O–H groups in total. The Kier molecular flexibility index (Phi) is 9.84. The standard InChI is InChI=1S/C29H25BrCl2N2O5S/c1-4-38-24-12-19(10-21(30)27(24)39-15-18-6-8-22(31)23(32)11-18)13-25-28(36)34(29(37)40-25)14-26(35)33-20-7-5-16(2)17(3)9-20/h5-13H,4,14-15H2,1-3H3,(H,33,35)/b25-13+. The summed E-state index contributed by atoms with van der Waals surface area (Å²) in [7, 11) is 0. The molecule has 3 aromatic carbocycles. The van der Waals surface area contributed by atoms with Gasteiger partial charge in [0, 0.05) is 5.69 Å². The van der Waals surface area contributed by atoms with E-state index in [1.165, 1.54) is 0 Å². The quantitative estimate of drug-likeness (QED) is 0.233. The van der Waals surface area contributed by atoms with Gasteiger partial charge in [-0.05, 0) is 113 Å². The van der Waals surface area contributed by atoms with Gasteiger partial charge in [-0.3, -0.25) is 19.3 Å². The van der Waals surface area contributed by atoms with Gasteiger partial charge in [-0.1, -0.05) is 35.3 Å². The number of anilines is 1. The highest BCUT2D eigenvalue weighted by Crippen LogP contribution is 2.40. The lowest BCUT2D eigenvalue weighted by Gasteiger charge is -2.15. The number of carbonyl (C=O) groups is 3. The molecule has 1 aliphatic rings. The van der Waals surface area contributed by atoms with Gasteiger partial charge < -0.3 is 14.8 Å². The average molecular weight is 664 g/mol. The maximum absolute atomic E-state index is 13.0. The Morgan fingerprint density at radius 2 is 1.80 bits per heavy atom. The number of imide groups is 1. The Bertz CT molecular complexity index is 1530. The maximum Gasteiger partial charge on any atom is 0.294 e. The molecule has 0 unspecified atom stereocenters. The van der Waals surface area contributed by atoms with Crippen molar-refractivity contribution in [3.8, 4) is 11.5 Å². The van der Waals surface area contributed by atoms with Crippen LogP contribution in [0.1, 0.15) is 29.2 Å². The molecule has 11 heteroatoms. The van der Waals surface area contributed by atoms with Crippen LogP contribution in [0, 0.1) is 13.8 Å². The number of hydrogen-bond donors (Lipinski definition) is 1. The average Bonchev–Trinajstić information content (AvgIpc) is 3.15. The number of thioether (sulfide) groups is 1. The molecule has 4 rings (SSSR count). The number of ether oxygens (including phenoxy) is 2. The lowest BCUT2D eigenvalue weighted by Crippen LogP contribution is -2.36. The third kappa shape index (κ3) is 7.20. The summed E-state index contributed by atoms with van der Waals surface area (Å²) < 4.78 is 12.4. The summed E-state index contributed by atoms with van der Waals surface area (Å²) in [5.74, 6) is -0.0766. The number of nitrogens with zero attached hydrogens (tertiary/aromatic N) is 1. The second kappa shape index (κ2) is 13.1. The van der Waals surface area contributed by atoms with E-state index in [1.807, 2.05) is 39.0 Å². The highest BCUT2D eigenvalue weighted by Gasteiger charge is 2.36. The fourth-order valence-electron chi connectivity index (χ4n) is 3.81. The van der Waals surface area contributed by atoms with E-state index >= 15 is 0 Å². The van der Waals surface area contributed by atoms with Gasteiger partial charge >= 0.3 is 0 Å². The van der Waals surface area contributed by atoms with Crippen LogP contribution in [0.2, 0.25) is 10.0 Å². The number of amides is 3. The summed E-state index contributed by atoms with van der Waals surface area (Å²) in [6, 6.07) is 14.2. The van der Waals surface area contributed by atoms with Gasteiger partial charge in [0.15, 0.2) is 11.5 Å². The smallest absolute Gasteiger partial charge is 0.294 e. The molecule has 1 aliphatic heterocycles. The number of nitrogens with one attached hydrogen (secondary N) is 1. The lowest BCUT2D eigenvalue weighted by molar-refractivity contribution is -0.127. The lowest BCUT2D eigenvalue weighted by atomic mass is 10.1. The minimum Gasteiger partial charge on any atom is -0.490 e. The topological polar surface area (TPSA) is 84.9 Å². The first-order chi connectivity index (χ1) is 19.0. The number of hydrogen-bond acceptors (Lipinski definition) is 6. The normalized spacial score (nSPS) is 14.2. The molecule has 1 saturated heterocycles. The van der Waals surface area contributed by atoms with Crippen molar-refractivity contribution in [1.29, 1.82) is 0 Å². The molecule has 0 spiro atoms. The van der Waals surface area contributed by atoms with Gasteiger partial charge in [0.2, 0.25) is 5.91 Å². The summed E-state index contributed by atoms with van der Waals surface area (Å²) in [4.78, 5) is 39.3. The third-order valence-electron chi connectivity index (χ3n) is 5.96. The molecule has 0 radical (unpaired) electrons. The molecule has 7 nitrogen and oxygen atoms in total. The van der Waals surface area contributed by atoms with Crippen molar-refractivity contribution in [3.63, 3.8) is 0 Å². The summed E-state index contributed by atoms with van der Waals surface area (Å²) >= 11 is 16.4. The number of carbonyl (C=O) groups excluding carboxylic acids is 3. The van der Waals surface area contributed by atoms with Crippen LogP contribution in [0.5, 0.6) is 11.5 Å². The largest absolute Gasteiger partial charge is 0.490 e. The number of benzene rings is 3. The second-order valence-corrected chi connectivity index (χ2v) is 11.6. The SMILES string of the molecule is CCOc1cc(/C=C2/SC(=O)N(CC(=O)Nc3ccc(C)c(C)c3)C2=O)cc(Br)c1OCc1ccc(Cl)c(Cl)c1. The Labute approximate surface area is 254 Å². The van der Waals surface area contributed by atoms with Crippen LogP contribution in [0.25, 0.3) is 6.08 Å². The Hall–Kier alpha value is -2.98. The second-order valence-electron chi connectivity index (χ2n) is 8.92. The van der Waals surface area contributed by atoms with Crippen molar-refractivity contribution >= 4 is 79.7 Å². The zero-order valence-corrected chi connectivity index (χ0v) is 25.8. The summed E-state index contributed by atoms with van der Waals surface area (Å²) in [5.41, 5.74) is 4.16. The molecular formula is C29H25BrCl2N2O5S. The minimum atomic E-state index is -0.542. The van der Waals surface area contributed by atoms with Gasteiger partial charge in [0.05, 0.1) is 26.0 Å². The molecule has 0 bridgehead atoms. The Balaban J connectivity index is 1.48. The highest BCUT2D eigenvalue weighted by molar-refractivity contribution is 9.10. The third-order valence-corrected chi connectivity index (χ3v) is 8.20. The van der Waals surface area contributed by atoms with Crippen LogP contribution in [0.4, 0.5) is 10.5 Å². The van der Waals surface area contributed by atoms with E-state index < -0.39 is 17.1 Å². The zero-order valence-electron chi connectivity index (χ0n) is 21.8. The van der Waals surface area contributed by atoms with Crippen molar-refractivity contribution in [2.75, 3.05) is 18.5 Å². The molecule has 208 valence electrons. The summed E-state index contributed by atoms with van der Waals surface area (Å²) in [5, 5.41) is 3.11. The van der Waals surface area contributed by atoms with Crippen LogP contribution >= 0.6 is 50.9 Å².